The van der Waals surface area contributed by atoms with Crippen LogP contribution in [0.4, 0.5) is 0 Å². The van der Waals surface area contributed by atoms with Crippen LogP contribution in [0.15, 0.2) is 6.07 Å². The first-order valence-electron chi connectivity index (χ1n) is 3.71. The summed E-state index contributed by atoms with van der Waals surface area (Å²) in [5, 5.41) is 8.31. The Balaban J connectivity index is 2.96. The van der Waals surface area contributed by atoms with E-state index < -0.39 is 0 Å². The normalized spacial score (nSPS) is 9.42. The molecule has 62 valence electrons. The first-order chi connectivity index (χ1) is 5.65. The fourth-order valence-corrected chi connectivity index (χ4v) is 1.18. The number of aryl methyl sites for hydroxylation is 2. The van der Waals surface area contributed by atoms with Gasteiger partial charge in [-0.25, -0.2) is 0 Å². The van der Waals surface area contributed by atoms with Crippen LogP contribution in [0, 0.1) is 25.2 Å². The van der Waals surface area contributed by atoms with Gasteiger partial charge in [0.05, 0.1) is 11.8 Å². The predicted octanol–water partition coefficient (Wildman–Crippen LogP) is 1.73. The summed E-state index contributed by atoms with van der Waals surface area (Å²) < 4.78 is 0. The largest absolute Gasteiger partial charge is 0.356 e. The zero-order valence-electron chi connectivity index (χ0n) is 7.14. The van der Waals surface area contributed by atoms with Crippen molar-refractivity contribution in [1.29, 1.82) is 5.26 Å². The Hall–Kier alpha value is -1.56. The molecular weight excluding hydrogens is 152 g/mol. The molecule has 0 amide bonds. The van der Waals surface area contributed by atoms with Crippen LogP contribution in [-0.4, -0.2) is 10.8 Å². The van der Waals surface area contributed by atoms with Gasteiger partial charge < -0.3 is 4.98 Å². The molecule has 0 aromatic carbocycles. The van der Waals surface area contributed by atoms with E-state index in [9.17, 15) is 4.79 Å². The molecule has 1 rings (SSSR count). The average molecular weight is 162 g/mol. The number of hydrogen-bond donors (Lipinski definition) is 1. The molecule has 1 N–H and O–H groups in total. The topological polar surface area (TPSA) is 56.6 Å². The Morgan fingerprint density at radius 3 is 2.75 bits per heavy atom. The number of H-pyrrole nitrogens is 1. The number of carbonyl (C=O) groups excluding carboxylic acids is 1. The number of hydrogen-bond acceptors (Lipinski definition) is 2. The van der Waals surface area contributed by atoms with E-state index in [-0.39, 0.29) is 12.2 Å². The summed E-state index contributed by atoms with van der Waals surface area (Å²) in [5.74, 6) is -0.136. The molecule has 0 saturated carbocycles. The van der Waals surface area contributed by atoms with Crippen LogP contribution >= 0.6 is 0 Å². The molecule has 12 heavy (non-hydrogen) atoms. The lowest BCUT2D eigenvalue weighted by molar-refractivity contribution is 0.0993. The number of carbonyl (C=O) groups is 1. The monoisotopic (exact) mass is 162 g/mol. The van der Waals surface area contributed by atoms with E-state index in [1.54, 1.807) is 0 Å². The summed E-state index contributed by atoms with van der Waals surface area (Å²) in [6.45, 7) is 3.74. The summed E-state index contributed by atoms with van der Waals surface area (Å²) in [7, 11) is 0. The van der Waals surface area contributed by atoms with Gasteiger partial charge in [0.25, 0.3) is 0 Å². The third-order valence-corrected chi connectivity index (χ3v) is 1.67. The van der Waals surface area contributed by atoms with Crippen molar-refractivity contribution in [2.24, 2.45) is 0 Å². The predicted molar refractivity (Wildman–Crippen MR) is 44.8 cm³/mol. The molecule has 0 bridgehead atoms. The highest BCUT2D eigenvalue weighted by Gasteiger charge is 2.10. The Morgan fingerprint density at radius 1 is 1.67 bits per heavy atom. The van der Waals surface area contributed by atoms with Crippen molar-refractivity contribution in [2.45, 2.75) is 20.3 Å². The molecule has 0 radical (unpaired) electrons. The average Bonchev–Trinajstić information content (AvgIpc) is 2.30. The van der Waals surface area contributed by atoms with Gasteiger partial charge in [-0.2, -0.15) is 5.26 Å². The number of rotatable bonds is 2. The summed E-state index contributed by atoms with van der Waals surface area (Å²) in [5.41, 5.74) is 2.43. The maximum Gasteiger partial charge on any atom is 0.193 e. The fraction of sp³-hybridized carbons (Fsp3) is 0.333. The van der Waals surface area contributed by atoms with Crippen LogP contribution in [0.1, 0.15) is 28.2 Å². The lowest BCUT2D eigenvalue weighted by Gasteiger charge is -1.92. The summed E-state index contributed by atoms with van der Waals surface area (Å²) in [6.07, 6.45) is -0.0548. The van der Waals surface area contributed by atoms with E-state index in [0.29, 0.717) is 5.69 Å². The third kappa shape index (κ3) is 1.54. The van der Waals surface area contributed by atoms with E-state index in [0.717, 1.165) is 11.3 Å². The van der Waals surface area contributed by atoms with Crippen LogP contribution < -0.4 is 0 Å². The van der Waals surface area contributed by atoms with Crippen LogP contribution in [0.25, 0.3) is 0 Å². The Kier molecular flexibility index (Phi) is 2.29. The number of nitriles is 1. The summed E-state index contributed by atoms with van der Waals surface area (Å²) in [4.78, 5) is 14.2. The fourth-order valence-electron chi connectivity index (χ4n) is 1.18. The Morgan fingerprint density at radius 2 is 2.33 bits per heavy atom. The molecule has 0 aliphatic rings. The molecule has 0 unspecified atom stereocenters. The lowest BCUT2D eigenvalue weighted by atomic mass is 10.1. The zero-order chi connectivity index (χ0) is 9.14. The Bertz CT molecular complexity index is 344. The number of nitrogens with zero attached hydrogens (tertiary/aromatic N) is 1. The highest BCUT2D eigenvalue weighted by molar-refractivity contribution is 5.97. The van der Waals surface area contributed by atoms with Gasteiger partial charge in [0.2, 0.25) is 0 Å². The maximum atomic E-state index is 11.2. The molecule has 0 spiro atoms. The molecule has 0 saturated heterocycles. The van der Waals surface area contributed by atoms with Gasteiger partial charge in [-0.3, -0.25) is 4.79 Å². The van der Waals surface area contributed by atoms with E-state index in [1.165, 1.54) is 0 Å². The van der Waals surface area contributed by atoms with Gasteiger partial charge in [-0.05, 0) is 25.5 Å². The molecule has 0 aliphatic heterocycles. The molecule has 0 fully saturated rings. The molecule has 0 aliphatic carbocycles. The minimum absolute atomic E-state index is 0.0548. The van der Waals surface area contributed by atoms with Crippen LogP contribution in [0.5, 0.6) is 0 Å². The van der Waals surface area contributed by atoms with Gasteiger partial charge in [0.1, 0.15) is 6.42 Å². The van der Waals surface area contributed by atoms with Crippen molar-refractivity contribution in [3.63, 3.8) is 0 Å². The number of aromatic nitrogens is 1. The van der Waals surface area contributed by atoms with Crippen LogP contribution in [0.3, 0.4) is 0 Å². The molecule has 1 aromatic rings. The standard InChI is InChI=1S/C9H10N2O/c1-6-5-7(2)11-9(6)8(12)3-4-10/h5,11H,3H2,1-2H3. The minimum atomic E-state index is -0.136. The van der Waals surface area contributed by atoms with E-state index >= 15 is 0 Å². The zero-order valence-corrected chi connectivity index (χ0v) is 7.14. The van der Waals surface area contributed by atoms with E-state index in [4.69, 9.17) is 5.26 Å². The van der Waals surface area contributed by atoms with Crippen molar-refractivity contribution in [2.75, 3.05) is 0 Å². The number of aromatic amines is 1. The van der Waals surface area contributed by atoms with Crippen molar-refractivity contribution in [3.05, 3.63) is 23.0 Å². The van der Waals surface area contributed by atoms with Crippen molar-refractivity contribution in [1.82, 2.24) is 4.98 Å². The second-order valence-corrected chi connectivity index (χ2v) is 2.77. The smallest absolute Gasteiger partial charge is 0.193 e. The first-order valence-corrected chi connectivity index (χ1v) is 3.71. The molecule has 3 heteroatoms. The number of ketones is 1. The minimum Gasteiger partial charge on any atom is -0.356 e. The molecule has 0 atom stereocenters. The van der Waals surface area contributed by atoms with Crippen molar-refractivity contribution in [3.8, 4) is 6.07 Å². The summed E-state index contributed by atoms with van der Waals surface area (Å²) >= 11 is 0. The number of Topliss-reactive ketones (excluding diaryl/α,β-unsaturated/α-hetero) is 1. The van der Waals surface area contributed by atoms with E-state index in [1.807, 2.05) is 26.0 Å². The van der Waals surface area contributed by atoms with E-state index in [2.05, 4.69) is 4.98 Å². The van der Waals surface area contributed by atoms with Crippen molar-refractivity contribution < 1.29 is 4.79 Å². The second kappa shape index (κ2) is 3.22. The van der Waals surface area contributed by atoms with Gasteiger partial charge in [0.15, 0.2) is 5.78 Å². The highest BCUT2D eigenvalue weighted by atomic mass is 16.1. The molecule has 3 nitrogen and oxygen atoms in total. The van der Waals surface area contributed by atoms with Gasteiger partial charge in [-0.15, -0.1) is 0 Å². The molecular formula is C9H10N2O. The first kappa shape index (κ1) is 8.54. The lowest BCUT2D eigenvalue weighted by Crippen LogP contribution is -1.99. The van der Waals surface area contributed by atoms with Gasteiger partial charge in [0, 0.05) is 5.69 Å². The highest BCUT2D eigenvalue weighted by Crippen LogP contribution is 2.10. The summed E-state index contributed by atoms with van der Waals surface area (Å²) in [6, 6.07) is 3.73. The van der Waals surface area contributed by atoms with Crippen LogP contribution in [-0.2, 0) is 0 Å². The third-order valence-electron chi connectivity index (χ3n) is 1.67. The quantitative estimate of drug-likeness (QED) is 0.673. The maximum absolute atomic E-state index is 11.2. The Labute approximate surface area is 71.0 Å². The van der Waals surface area contributed by atoms with Crippen molar-refractivity contribution >= 4 is 5.78 Å². The number of nitrogens with one attached hydrogen (secondary N) is 1. The van der Waals surface area contributed by atoms with Gasteiger partial charge >= 0.3 is 0 Å². The second-order valence-electron chi connectivity index (χ2n) is 2.77. The van der Waals surface area contributed by atoms with Crippen LogP contribution in [0.2, 0.25) is 0 Å². The molecule has 1 heterocycles. The SMILES string of the molecule is Cc1cc(C)c(C(=O)CC#N)[nH]1. The van der Waals surface area contributed by atoms with Gasteiger partial charge in [-0.1, -0.05) is 0 Å². The molecule has 1 aromatic heterocycles.